The molecule has 0 spiro atoms. The molecule has 0 amide bonds. The minimum Gasteiger partial charge on any atom is -0.392 e. The largest absolute Gasteiger partial charge is 0.392 e. The maximum Gasteiger partial charge on any atom is 0.0695 e. The second-order valence-electron chi connectivity index (χ2n) is 6.35. The van der Waals surface area contributed by atoms with Crippen molar-refractivity contribution in [2.75, 3.05) is 0 Å². The lowest BCUT2D eigenvalue weighted by Gasteiger charge is -2.14. The van der Waals surface area contributed by atoms with Gasteiger partial charge >= 0.3 is 0 Å². The van der Waals surface area contributed by atoms with Gasteiger partial charge in [-0.3, -0.25) is 0 Å². The molecule has 0 unspecified atom stereocenters. The molecule has 0 saturated heterocycles. The smallest absolute Gasteiger partial charge is 0.0695 e. The van der Waals surface area contributed by atoms with Gasteiger partial charge in [-0.1, -0.05) is 57.0 Å². The summed E-state index contributed by atoms with van der Waals surface area (Å²) in [5.74, 6) is 1.13. The monoisotopic (exact) mass is 300 g/mol. The molecule has 1 N–H and O–H groups in total. The third-order valence-electron chi connectivity index (χ3n) is 4.56. The van der Waals surface area contributed by atoms with Crippen LogP contribution in [0, 0.1) is 0 Å². The average molecular weight is 300 g/mol. The van der Waals surface area contributed by atoms with Gasteiger partial charge in [-0.15, -0.1) is 11.3 Å². The van der Waals surface area contributed by atoms with Crippen molar-refractivity contribution in [2.24, 2.45) is 0 Å². The van der Waals surface area contributed by atoms with E-state index >= 15 is 0 Å². The van der Waals surface area contributed by atoms with E-state index in [-0.39, 0.29) is 6.61 Å². The molecule has 1 saturated carbocycles. The van der Waals surface area contributed by atoms with Crippen molar-refractivity contribution in [3.8, 4) is 10.4 Å². The lowest BCUT2D eigenvalue weighted by atomic mass is 9.90. The van der Waals surface area contributed by atoms with E-state index in [9.17, 15) is 5.11 Å². The number of benzene rings is 1. The summed E-state index contributed by atoms with van der Waals surface area (Å²) in [4.78, 5) is 2.77. The van der Waals surface area contributed by atoms with Gasteiger partial charge in [0.25, 0.3) is 0 Å². The van der Waals surface area contributed by atoms with Crippen LogP contribution in [0.15, 0.2) is 30.3 Å². The summed E-state index contributed by atoms with van der Waals surface area (Å²) in [6, 6.07) is 10.7. The summed E-state index contributed by atoms with van der Waals surface area (Å²) in [6.07, 6.45) is 5.22. The van der Waals surface area contributed by atoms with E-state index in [0.717, 1.165) is 0 Å². The molecule has 21 heavy (non-hydrogen) atoms. The molecular formula is C19H24OS. The Morgan fingerprint density at radius 2 is 1.81 bits per heavy atom. The first-order chi connectivity index (χ1) is 10.2. The zero-order valence-electron chi connectivity index (χ0n) is 12.9. The number of rotatable bonds is 4. The Morgan fingerprint density at radius 3 is 2.38 bits per heavy atom. The van der Waals surface area contributed by atoms with Crippen molar-refractivity contribution < 1.29 is 5.11 Å². The molecule has 112 valence electrons. The van der Waals surface area contributed by atoms with Gasteiger partial charge in [-0.2, -0.15) is 0 Å². The van der Waals surface area contributed by atoms with Crippen LogP contribution in [0.4, 0.5) is 0 Å². The Hall–Kier alpha value is -1.12. The third kappa shape index (κ3) is 2.79. The summed E-state index contributed by atoms with van der Waals surface area (Å²) >= 11 is 1.90. The third-order valence-corrected chi connectivity index (χ3v) is 6.16. The number of aliphatic hydroxyl groups excluding tert-OH is 1. The predicted octanol–water partition coefficient (Wildman–Crippen LogP) is 5.69. The van der Waals surface area contributed by atoms with Crippen molar-refractivity contribution in [1.29, 1.82) is 0 Å². The molecular weight excluding hydrogens is 276 g/mol. The van der Waals surface area contributed by atoms with Gasteiger partial charge in [0.05, 0.1) is 6.61 Å². The van der Waals surface area contributed by atoms with E-state index in [4.69, 9.17) is 0 Å². The van der Waals surface area contributed by atoms with Crippen molar-refractivity contribution >= 4 is 11.3 Å². The van der Waals surface area contributed by atoms with E-state index in [0.29, 0.717) is 11.8 Å². The van der Waals surface area contributed by atoms with E-state index in [1.54, 1.807) is 0 Å². The highest BCUT2D eigenvalue weighted by molar-refractivity contribution is 7.16. The van der Waals surface area contributed by atoms with E-state index < -0.39 is 0 Å². The molecule has 0 atom stereocenters. The van der Waals surface area contributed by atoms with Crippen LogP contribution >= 0.6 is 11.3 Å². The minimum absolute atomic E-state index is 0.183. The second-order valence-corrected chi connectivity index (χ2v) is 7.40. The van der Waals surface area contributed by atoms with Gasteiger partial charge in [-0.05, 0) is 41.4 Å². The highest BCUT2D eigenvalue weighted by Gasteiger charge is 2.28. The fourth-order valence-electron chi connectivity index (χ4n) is 3.58. The van der Waals surface area contributed by atoms with E-state index in [1.807, 2.05) is 11.3 Å². The Labute approximate surface area is 131 Å². The van der Waals surface area contributed by atoms with Crippen LogP contribution in [0.2, 0.25) is 0 Å². The highest BCUT2D eigenvalue weighted by Crippen LogP contribution is 2.48. The number of aliphatic hydroxyl groups is 1. The van der Waals surface area contributed by atoms with Gasteiger partial charge in [0.2, 0.25) is 0 Å². The standard InChI is InChI=1S/C19H24OS/c1-13(2)18-16(12-20)17(14-8-6-7-9-14)19(21-18)15-10-4-3-5-11-15/h3-5,10-11,13-14,20H,6-9,12H2,1-2H3. The van der Waals surface area contributed by atoms with Crippen LogP contribution in [-0.4, -0.2) is 5.11 Å². The molecule has 1 aromatic heterocycles. The van der Waals surface area contributed by atoms with Crippen molar-refractivity contribution in [3.05, 3.63) is 46.3 Å². The highest BCUT2D eigenvalue weighted by atomic mass is 32.1. The van der Waals surface area contributed by atoms with Gasteiger partial charge in [0, 0.05) is 9.75 Å². The summed E-state index contributed by atoms with van der Waals surface area (Å²) in [6.45, 7) is 4.65. The molecule has 1 aliphatic rings. The molecule has 2 heteroatoms. The summed E-state index contributed by atoms with van der Waals surface area (Å²) < 4.78 is 0. The fourth-order valence-corrected chi connectivity index (χ4v) is 4.98. The Bertz CT molecular complexity index is 592. The van der Waals surface area contributed by atoms with E-state index in [1.165, 1.54) is 52.1 Å². The average Bonchev–Trinajstić information content (AvgIpc) is 3.14. The molecule has 3 rings (SSSR count). The van der Waals surface area contributed by atoms with Crippen molar-refractivity contribution in [1.82, 2.24) is 0 Å². The van der Waals surface area contributed by atoms with Crippen molar-refractivity contribution in [3.63, 3.8) is 0 Å². The molecule has 2 aromatic rings. The van der Waals surface area contributed by atoms with Gasteiger partial charge in [0.15, 0.2) is 0 Å². The molecule has 0 aliphatic heterocycles. The molecule has 0 radical (unpaired) electrons. The normalized spacial score (nSPS) is 16.0. The van der Waals surface area contributed by atoms with Gasteiger partial charge < -0.3 is 5.11 Å². The zero-order chi connectivity index (χ0) is 14.8. The van der Waals surface area contributed by atoms with Crippen molar-refractivity contribution in [2.45, 2.75) is 58.0 Å². The molecule has 1 fully saturated rings. The van der Waals surface area contributed by atoms with Gasteiger partial charge in [0.1, 0.15) is 0 Å². The fraction of sp³-hybridized carbons (Fsp3) is 0.474. The molecule has 1 heterocycles. The van der Waals surface area contributed by atoms with Crippen LogP contribution in [0.1, 0.15) is 67.4 Å². The Balaban J connectivity index is 2.17. The van der Waals surface area contributed by atoms with Crippen LogP contribution in [0.3, 0.4) is 0 Å². The molecule has 1 nitrogen and oxygen atoms in total. The first-order valence-electron chi connectivity index (χ1n) is 8.04. The van der Waals surface area contributed by atoms with Crippen LogP contribution in [0.5, 0.6) is 0 Å². The summed E-state index contributed by atoms with van der Waals surface area (Å²) in [7, 11) is 0. The number of hydrogen-bond donors (Lipinski definition) is 1. The molecule has 1 aromatic carbocycles. The number of thiophene rings is 1. The summed E-state index contributed by atoms with van der Waals surface area (Å²) in [5.41, 5.74) is 3.99. The quantitative estimate of drug-likeness (QED) is 0.769. The zero-order valence-corrected chi connectivity index (χ0v) is 13.7. The van der Waals surface area contributed by atoms with Gasteiger partial charge in [-0.25, -0.2) is 0 Å². The SMILES string of the molecule is CC(C)c1sc(-c2ccccc2)c(C2CCCC2)c1CO. The predicted molar refractivity (Wildman–Crippen MR) is 91.0 cm³/mol. The topological polar surface area (TPSA) is 20.2 Å². The van der Waals surface area contributed by atoms with Crippen LogP contribution in [-0.2, 0) is 6.61 Å². The Morgan fingerprint density at radius 1 is 1.14 bits per heavy atom. The minimum atomic E-state index is 0.183. The van der Waals surface area contributed by atoms with E-state index in [2.05, 4.69) is 44.2 Å². The summed E-state index contributed by atoms with van der Waals surface area (Å²) in [5, 5.41) is 9.98. The number of hydrogen-bond acceptors (Lipinski definition) is 2. The molecule has 1 aliphatic carbocycles. The Kier molecular flexibility index (Phi) is 4.46. The lowest BCUT2D eigenvalue weighted by Crippen LogP contribution is -2.00. The molecule has 0 bridgehead atoms. The maximum absolute atomic E-state index is 9.98. The lowest BCUT2D eigenvalue weighted by molar-refractivity contribution is 0.279. The second kappa shape index (κ2) is 6.33. The van der Waals surface area contributed by atoms with Crippen LogP contribution in [0.25, 0.3) is 10.4 Å². The first kappa shape index (κ1) is 14.8. The van der Waals surface area contributed by atoms with Crippen LogP contribution < -0.4 is 0 Å². The first-order valence-corrected chi connectivity index (χ1v) is 8.85. The maximum atomic E-state index is 9.98.